The Labute approximate surface area is 435 Å². The highest BCUT2D eigenvalue weighted by Crippen LogP contribution is 2.52. The zero-order valence-electron chi connectivity index (χ0n) is 44.0. The number of likely N-dealkylation sites (tertiary alicyclic amines) is 2. The smallest absolute Gasteiger partial charge is 0.407 e. The number of nitrogens with one attached hydrogen (secondary N) is 4. The van der Waals surface area contributed by atoms with Gasteiger partial charge in [0.05, 0.1) is 60.6 Å². The number of aromatic nitrogens is 4. The summed E-state index contributed by atoms with van der Waals surface area (Å²) in [6.45, 7) is 3.07. The van der Waals surface area contributed by atoms with Crippen molar-refractivity contribution in [3.05, 3.63) is 59.2 Å². The van der Waals surface area contributed by atoms with Gasteiger partial charge in [0.15, 0.2) is 0 Å². The van der Waals surface area contributed by atoms with Crippen molar-refractivity contribution in [3.8, 4) is 0 Å². The SMILES string of the molecule is COC(=O)N[C@H](C(=O)N1C(c2nc3ccc(C4C[C@@H]5CC[C@H]6CC[C@@H](CC[C@H]4CC5)CC6c4ccc5[nH]c([C@@H]6C[C@@H]7CCCC[C@@H]7N6C(=O)[C@@H](NC(=O)OC)[C@@H](C)O)nc5c4)cc3[nH]2)C[C@@H]2CCCC[C@@H]21)[C@@H](C)O. The number of rotatable bonds is 10. The van der Waals surface area contributed by atoms with Gasteiger partial charge in [-0.1, -0.05) is 63.5 Å². The van der Waals surface area contributed by atoms with Gasteiger partial charge in [0.1, 0.15) is 23.7 Å². The topological polar surface area (TPSA) is 215 Å². The molecule has 4 amide bonds. The van der Waals surface area contributed by atoms with Crippen molar-refractivity contribution in [2.75, 3.05) is 14.2 Å². The van der Waals surface area contributed by atoms with E-state index >= 15 is 0 Å². The van der Waals surface area contributed by atoms with Gasteiger partial charge in [-0.25, -0.2) is 19.6 Å². The van der Waals surface area contributed by atoms with Gasteiger partial charge in [-0.05, 0) is 174 Å². The van der Waals surface area contributed by atoms with Crippen LogP contribution in [0.25, 0.3) is 22.1 Å². The van der Waals surface area contributed by atoms with Crippen LogP contribution in [0.2, 0.25) is 0 Å². The third-order valence-electron chi connectivity index (χ3n) is 19.7. The highest BCUT2D eigenvalue weighted by Gasteiger charge is 2.50. The summed E-state index contributed by atoms with van der Waals surface area (Å²) < 4.78 is 9.68. The summed E-state index contributed by atoms with van der Waals surface area (Å²) in [4.78, 5) is 75.0. The molecule has 4 bridgehead atoms. The molecule has 14 rings (SSSR count). The molecule has 400 valence electrons. The van der Waals surface area contributed by atoms with Gasteiger partial charge in [-0.2, -0.15) is 0 Å². The van der Waals surface area contributed by atoms with Gasteiger partial charge in [0.25, 0.3) is 0 Å². The molecule has 8 aliphatic carbocycles. The highest BCUT2D eigenvalue weighted by atomic mass is 16.5. The minimum atomic E-state index is -1.11. The molecule has 2 aliphatic heterocycles. The van der Waals surface area contributed by atoms with E-state index in [0.717, 1.165) is 97.9 Å². The van der Waals surface area contributed by atoms with Crippen LogP contribution in [0, 0.1) is 35.5 Å². The lowest BCUT2D eigenvalue weighted by molar-refractivity contribution is -0.140. The first-order chi connectivity index (χ1) is 35.8. The lowest BCUT2D eigenvalue weighted by Gasteiger charge is -2.42. The number of carbonyl (C=O) groups excluding carboxylic acids is 4. The van der Waals surface area contributed by atoms with E-state index in [0.29, 0.717) is 47.3 Å². The van der Waals surface area contributed by atoms with E-state index in [2.05, 4.69) is 57.0 Å². The van der Waals surface area contributed by atoms with Crippen LogP contribution in [0.15, 0.2) is 36.4 Å². The standard InChI is InChI=1S/C58H80N8O8/c1-31(67)51(63-57(71)73-3)55(69)65-47-11-7-5-9-39(47)29-49(65)53-59-43-23-21-37(27-45(43)61-53)41-25-33-13-17-35(41)19-15-34-14-18-36(20-16-33)42(26-34)38-22-24-44-46(28-38)62-54(60-44)50-30-40-10-6-8-12-48(40)66(50)56(70)52(32(2)68)64-58(72)74-4/h21-24,27-28,31-36,39-42,47-52,67-68H,5-20,25-26,29-30H2,1-4H3,(H,59,61)(H,60,62)(H,63,71)(H,64,72)/t31-,32-,33+,34+,35-,36-,39+,40+,41?,42?,47+,48+,49+,50?,51+,52+/m1/s1. The normalized spacial score (nSPS) is 32.7. The Morgan fingerprint density at radius 3 is 1.49 bits per heavy atom. The van der Waals surface area contributed by atoms with E-state index in [4.69, 9.17) is 19.4 Å². The lowest BCUT2D eigenvalue weighted by Crippen LogP contribution is -2.55. The Hall–Kier alpha value is -5.22. The van der Waals surface area contributed by atoms with Crippen molar-refractivity contribution in [3.63, 3.8) is 0 Å². The average molecular weight is 1020 g/mol. The number of alkyl carbamates (subject to hydrolysis) is 2. The molecule has 3 unspecified atom stereocenters. The molecule has 0 radical (unpaired) electrons. The Balaban J connectivity index is 0.802. The van der Waals surface area contributed by atoms with Crippen molar-refractivity contribution in [1.82, 2.24) is 40.4 Å². The van der Waals surface area contributed by atoms with Gasteiger partial charge in [0.2, 0.25) is 11.8 Å². The molecule has 16 nitrogen and oxygen atoms in total. The first kappa shape index (κ1) is 50.9. The number of fused-ring (bicyclic) bond motifs is 4. The van der Waals surface area contributed by atoms with Crippen LogP contribution in [0.5, 0.6) is 0 Å². The minimum absolute atomic E-state index is 0.0332. The number of aromatic amines is 2. The number of hydrogen-bond donors (Lipinski definition) is 6. The summed E-state index contributed by atoms with van der Waals surface area (Å²) in [7, 11) is 2.53. The van der Waals surface area contributed by atoms with E-state index in [-0.39, 0.29) is 36.0 Å². The van der Waals surface area contributed by atoms with Crippen molar-refractivity contribution >= 4 is 46.1 Å². The fourth-order valence-corrected chi connectivity index (χ4v) is 16.0. The Kier molecular flexibility index (Phi) is 14.7. The second-order valence-corrected chi connectivity index (χ2v) is 24.0. The molecule has 4 heterocycles. The average Bonchev–Trinajstić information content (AvgIpc) is 4.21. The first-order valence-electron chi connectivity index (χ1n) is 28.5. The molecule has 16 atom stereocenters. The van der Waals surface area contributed by atoms with Gasteiger partial charge in [-0.3, -0.25) is 9.59 Å². The minimum Gasteiger partial charge on any atom is -0.453 e. The molecule has 10 fully saturated rings. The predicted molar refractivity (Wildman–Crippen MR) is 280 cm³/mol. The molecular formula is C58H80N8O8. The van der Waals surface area contributed by atoms with E-state index in [1.807, 2.05) is 9.80 Å². The Bertz CT molecular complexity index is 2500. The monoisotopic (exact) mass is 1020 g/mol. The fourth-order valence-electron chi connectivity index (χ4n) is 16.0. The maximum absolute atomic E-state index is 14.4. The maximum atomic E-state index is 14.4. The molecule has 8 saturated carbocycles. The second-order valence-electron chi connectivity index (χ2n) is 24.0. The number of H-pyrrole nitrogens is 2. The lowest BCUT2D eigenvalue weighted by atomic mass is 9.63. The van der Waals surface area contributed by atoms with Crippen LogP contribution in [0.1, 0.15) is 189 Å². The van der Waals surface area contributed by atoms with Gasteiger partial charge >= 0.3 is 12.2 Å². The Morgan fingerprint density at radius 2 is 1.00 bits per heavy atom. The van der Waals surface area contributed by atoms with Crippen LogP contribution in [-0.2, 0) is 19.1 Å². The summed E-state index contributed by atoms with van der Waals surface area (Å²) >= 11 is 0. The molecule has 6 N–H and O–H groups in total. The summed E-state index contributed by atoms with van der Waals surface area (Å²) in [5, 5.41) is 26.7. The molecule has 74 heavy (non-hydrogen) atoms. The molecule has 2 aromatic carbocycles. The first-order valence-corrected chi connectivity index (χ1v) is 28.5. The van der Waals surface area contributed by atoms with Crippen LogP contribution in [0.3, 0.4) is 0 Å². The summed E-state index contributed by atoms with van der Waals surface area (Å²) in [6.07, 6.45) is 18.6. The summed E-state index contributed by atoms with van der Waals surface area (Å²) in [5.74, 6) is 5.18. The number of imidazole rings is 2. The number of aliphatic hydroxyl groups excluding tert-OH is 2. The third-order valence-corrected chi connectivity index (χ3v) is 19.7. The predicted octanol–water partition coefficient (Wildman–Crippen LogP) is 9.59. The molecule has 10 aliphatic rings. The number of hydrogen-bond acceptors (Lipinski definition) is 10. The number of carbonyl (C=O) groups is 4. The van der Waals surface area contributed by atoms with Crippen LogP contribution in [-0.4, -0.2) is 115 Å². The Morgan fingerprint density at radius 1 is 0.554 bits per heavy atom. The van der Waals surface area contributed by atoms with E-state index < -0.39 is 36.5 Å². The van der Waals surface area contributed by atoms with Crippen molar-refractivity contribution in [2.45, 2.75) is 203 Å². The van der Waals surface area contributed by atoms with Gasteiger partial charge in [0, 0.05) is 12.1 Å². The highest BCUT2D eigenvalue weighted by molar-refractivity contribution is 5.88. The maximum Gasteiger partial charge on any atom is 0.407 e. The number of methoxy groups -OCH3 is 2. The van der Waals surface area contributed by atoms with Gasteiger partial charge in [-0.15, -0.1) is 0 Å². The molecule has 0 spiro atoms. The second kappa shape index (κ2) is 21.4. The molecule has 4 aromatic rings. The third kappa shape index (κ3) is 9.91. The van der Waals surface area contributed by atoms with E-state index in [9.17, 15) is 29.4 Å². The molecule has 2 aromatic heterocycles. The summed E-state index contributed by atoms with van der Waals surface area (Å²) in [5.41, 5.74) is 6.60. The van der Waals surface area contributed by atoms with Crippen LogP contribution >= 0.6 is 0 Å². The van der Waals surface area contributed by atoms with E-state index in [1.165, 1.54) is 103 Å². The van der Waals surface area contributed by atoms with E-state index in [1.54, 1.807) is 0 Å². The fraction of sp³-hybridized carbons (Fsp3) is 0.690. The zero-order chi connectivity index (χ0) is 51.4. The van der Waals surface area contributed by atoms with Crippen LogP contribution in [0.4, 0.5) is 9.59 Å². The van der Waals surface area contributed by atoms with Crippen molar-refractivity contribution < 1.29 is 38.9 Å². The molecule has 16 heteroatoms. The number of nitrogens with zero attached hydrogens (tertiary/aromatic N) is 4. The molecule has 2 saturated heterocycles. The van der Waals surface area contributed by atoms with Gasteiger partial charge < -0.3 is 50.1 Å². The number of aliphatic hydroxyl groups is 2. The van der Waals surface area contributed by atoms with Crippen molar-refractivity contribution in [1.29, 1.82) is 0 Å². The zero-order valence-corrected chi connectivity index (χ0v) is 44.0. The van der Waals surface area contributed by atoms with Crippen molar-refractivity contribution in [2.24, 2.45) is 35.5 Å². The van der Waals surface area contributed by atoms with Crippen LogP contribution < -0.4 is 10.6 Å². The molecular weight excluding hydrogens is 937 g/mol. The number of amides is 4. The number of ether oxygens (including phenoxy) is 2. The largest absolute Gasteiger partial charge is 0.453 e. The quantitative estimate of drug-likeness (QED) is 0.0885. The number of benzene rings is 2. The summed E-state index contributed by atoms with van der Waals surface area (Å²) in [6, 6.07) is 11.0.